The summed E-state index contributed by atoms with van der Waals surface area (Å²) < 4.78 is 25.0. The van der Waals surface area contributed by atoms with Gasteiger partial charge in [0.25, 0.3) is 0 Å². The minimum atomic E-state index is -0.731. The number of benzene rings is 1. The lowest BCUT2D eigenvalue weighted by atomic mass is 9.99. The number of nitrogens with zero attached hydrogens (tertiary/aromatic N) is 3. The highest BCUT2D eigenvalue weighted by atomic mass is 19.1. The van der Waals surface area contributed by atoms with Crippen LogP contribution in [0.2, 0.25) is 0 Å². The molecule has 10 heteroatoms. The van der Waals surface area contributed by atoms with Crippen molar-refractivity contribution in [1.29, 1.82) is 0 Å². The summed E-state index contributed by atoms with van der Waals surface area (Å²) in [6.07, 6.45) is 5.81. The summed E-state index contributed by atoms with van der Waals surface area (Å²) in [5, 5.41) is 12.9. The molecule has 192 valence electrons. The fourth-order valence-corrected chi connectivity index (χ4v) is 4.32. The van der Waals surface area contributed by atoms with Gasteiger partial charge < -0.3 is 36.3 Å². The second kappa shape index (κ2) is 12.8. The zero-order valence-corrected chi connectivity index (χ0v) is 20.6. The number of rotatable bonds is 11. The van der Waals surface area contributed by atoms with Crippen molar-refractivity contribution >= 4 is 5.95 Å². The van der Waals surface area contributed by atoms with Crippen LogP contribution < -0.4 is 16.8 Å². The molecule has 3 rings (SSSR count). The van der Waals surface area contributed by atoms with Crippen LogP contribution >= 0.6 is 0 Å². The van der Waals surface area contributed by atoms with Gasteiger partial charge in [-0.05, 0) is 31.5 Å². The van der Waals surface area contributed by atoms with E-state index in [0.29, 0.717) is 18.5 Å². The number of ether oxygens (including phenoxy) is 2. The second-order valence-corrected chi connectivity index (χ2v) is 9.01. The number of aromatic nitrogens is 2. The van der Waals surface area contributed by atoms with Crippen molar-refractivity contribution in [2.24, 2.45) is 5.73 Å². The Labute approximate surface area is 206 Å². The number of halogens is 1. The standard InChI is InChI=1S/C25H37FN6O3/c1-16-10-21(11-23(33)35-16)32(2)9-8-20(27)15-29-22(12-26)24(34-3)18-6-4-17(5-7-18)19-13-30-25(28)31-14-19/h4-7,13-16,21-24,29,33H,8-12,27H2,1-3H3,(H2,28,30,31)/b20-15-/t16-,21+,22-,23-,24-/m1/s1. The summed E-state index contributed by atoms with van der Waals surface area (Å²) in [5.41, 5.74) is 15.0. The number of alkyl halides is 1. The summed E-state index contributed by atoms with van der Waals surface area (Å²) in [5.74, 6) is 0.220. The third-order valence-corrected chi connectivity index (χ3v) is 6.36. The predicted octanol–water partition coefficient (Wildman–Crippen LogP) is 2.35. The summed E-state index contributed by atoms with van der Waals surface area (Å²) in [7, 11) is 3.57. The molecule has 6 N–H and O–H groups in total. The number of nitrogens with one attached hydrogen (secondary N) is 1. The highest BCUT2D eigenvalue weighted by Crippen LogP contribution is 2.26. The summed E-state index contributed by atoms with van der Waals surface area (Å²) in [6.45, 7) is 2.05. The van der Waals surface area contributed by atoms with Crippen LogP contribution in [0.5, 0.6) is 0 Å². The second-order valence-electron chi connectivity index (χ2n) is 9.01. The van der Waals surface area contributed by atoms with E-state index < -0.39 is 25.1 Å². The van der Waals surface area contributed by atoms with E-state index in [-0.39, 0.29) is 18.1 Å². The summed E-state index contributed by atoms with van der Waals surface area (Å²) in [4.78, 5) is 10.2. The van der Waals surface area contributed by atoms with Crippen LogP contribution in [-0.4, -0.2) is 71.8 Å². The van der Waals surface area contributed by atoms with Gasteiger partial charge in [-0.25, -0.2) is 14.4 Å². The number of nitrogen functional groups attached to an aromatic ring is 1. The first-order valence-electron chi connectivity index (χ1n) is 11.8. The molecule has 9 nitrogen and oxygen atoms in total. The third kappa shape index (κ3) is 7.60. The number of hydrogen-bond donors (Lipinski definition) is 4. The van der Waals surface area contributed by atoms with E-state index >= 15 is 0 Å². The van der Waals surface area contributed by atoms with Gasteiger partial charge in [-0.15, -0.1) is 0 Å². The Hall–Kier alpha value is -2.79. The zero-order chi connectivity index (χ0) is 25.4. The largest absolute Gasteiger partial charge is 0.401 e. The molecule has 1 saturated heterocycles. The maximum absolute atomic E-state index is 14.0. The van der Waals surface area contributed by atoms with E-state index in [1.54, 1.807) is 25.7 Å². The van der Waals surface area contributed by atoms with Crippen molar-refractivity contribution in [3.8, 4) is 11.1 Å². The number of anilines is 1. The van der Waals surface area contributed by atoms with Crippen LogP contribution in [0.25, 0.3) is 11.1 Å². The van der Waals surface area contributed by atoms with Gasteiger partial charge in [-0.3, -0.25) is 0 Å². The van der Waals surface area contributed by atoms with Crippen molar-refractivity contribution in [3.63, 3.8) is 0 Å². The van der Waals surface area contributed by atoms with Crippen LogP contribution in [0.1, 0.15) is 37.9 Å². The van der Waals surface area contributed by atoms with Gasteiger partial charge in [0.2, 0.25) is 5.95 Å². The molecule has 1 aliphatic rings. The van der Waals surface area contributed by atoms with E-state index in [1.807, 2.05) is 38.2 Å². The van der Waals surface area contributed by atoms with Crippen molar-refractivity contribution in [3.05, 3.63) is 54.1 Å². The highest BCUT2D eigenvalue weighted by molar-refractivity contribution is 5.62. The van der Waals surface area contributed by atoms with Gasteiger partial charge >= 0.3 is 0 Å². The van der Waals surface area contributed by atoms with Crippen molar-refractivity contribution < 1.29 is 19.0 Å². The molecule has 5 atom stereocenters. The third-order valence-electron chi connectivity index (χ3n) is 6.36. The Morgan fingerprint density at radius 2 is 1.97 bits per heavy atom. The monoisotopic (exact) mass is 488 g/mol. The lowest BCUT2D eigenvalue weighted by Crippen LogP contribution is -2.43. The number of nitrogens with two attached hydrogens (primary N) is 2. The lowest BCUT2D eigenvalue weighted by molar-refractivity contribution is -0.173. The molecule has 2 heterocycles. The molecule has 1 fully saturated rings. The fraction of sp³-hybridized carbons (Fsp3) is 0.520. The highest BCUT2D eigenvalue weighted by Gasteiger charge is 2.28. The molecule has 0 saturated carbocycles. The topological polar surface area (TPSA) is 132 Å². The fourth-order valence-electron chi connectivity index (χ4n) is 4.32. The van der Waals surface area contributed by atoms with E-state index in [0.717, 1.165) is 29.7 Å². The van der Waals surface area contributed by atoms with Crippen LogP contribution in [0.15, 0.2) is 48.6 Å². The van der Waals surface area contributed by atoms with Crippen molar-refractivity contribution in [2.75, 3.05) is 33.1 Å². The van der Waals surface area contributed by atoms with E-state index in [4.69, 9.17) is 20.9 Å². The van der Waals surface area contributed by atoms with Gasteiger partial charge in [0, 0.05) is 62.4 Å². The number of methoxy groups -OCH3 is 1. The molecule has 0 radical (unpaired) electrons. The number of aliphatic hydroxyl groups excluding tert-OH is 1. The molecule has 0 unspecified atom stereocenters. The molecule has 1 aliphatic heterocycles. The van der Waals surface area contributed by atoms with Gasteiger partial charge in [-0.2, -0.15) is 0 Å². The SMILES string of the molecule is CO[C@H](c1ccc(-c2cnc(N)nc2)cc1)[C@@H](CF)N/C=C(\N)CCN(C)[C@H]1C[C@@H](C)O[C@@H](O)C1. The van der Waals surface area contributed by atoms with Gasteiger partial charge in [0.05, 0.1) is 12.1 Å². The molecular weight excluding hydrogens is 451 g/mol. The Bertz CT molecular complexity index is 933. The normalized spacial score (nSPS) is 22.7. The minimum absolute atomic E-state index is 0.0194. The van der Waals surface area contributed by atoms with Crippen molar-refractivity contribution in [2.45, 2.75) is 56.8 Å². The van der Waals surface area contributed by atoms with Crippen LogP contribution in [0, 0.1) is 0 Å². The molecule has 0 spiro atoms. The molecular formula is C25H37FN6O3. The smallest absolute Gasteiger partial charge is 0.219 e. The maximum Gasteiger partial charge on any atom is 0.219 e. The average molecular weight is 489 g/mol. The quantitative estimate of drug-likeness (QED) is 0.376. The molecule has 0 bridgehead atoms. The molecule has 2 aromatic rings. The summed E-state index contributed by atoms with van der Waals surface area (Å²) >= 11 is 0. The zero-order valence-electron chi connectivity index (χ0n) is 20.6. The average Bonchev–Trinajstić information content (AvgIpc) is 2.85. The Morgan fingerprint density at radius 3 is 2.57 bits per heavy atom. The first-order valence-corrected chi connectivity index (χ1v) is 11.8. The van der Waals surface area contributed by atoms with Crippen LogP contribution in [-0.2, 0) is 9.47 Å². The Morgan fingerprint density at radius 1 is 1.29 bits per heavy atom. The first kappa shape index (κ1) is 26.8. The molecule has 0 amide bonds. The molecule has 35 heavy (non-hydrogen) atoms. The van der Waals surface area contributed by atoms with E-state index in [2.05, 4.69) is 20.2 Å². The van der Waals surface area contributed by atoms with Gasteiger partial charge in [0.15, 0.2) is 6.29 Å². The van der Waals surface area contributed by atoms with Crippen LogP contribution in [0.3, 0.4) is 0 Å². The Balaban J connectivity index is 1.56. The molecule has 1 aromatic heterocycles. The number of aliphatic hydroxyl groups is 1. The van der Waals surface area contributed by atoms with E-state index in [1.165, 1.54) is 0 Å². The first-order chi connectivity index (χ1) is 16.8. The maximum atomic E-state index is 14.0. The molecule has 1 aromatic carbocycles. The Kier molecular flexibility index (Phi) is 9.79. The molecule has 0 aliphatic carbocycles. The van der Waals surface area contributed by atoms with Gasteiger partial charge in [-0.1, -0.05) is 24.3 Å². The predicted molar refractivity (Wildman–Crippen MR) is 134 cm³/mol. The van der Waals surface area contributed by atoms with Crippen LogP contribution in [0.4, 0.5) is 10.3 Å². The lowest BCUT2D eigenvalue weighted by Gasteiger charge is -2.36. The number of hydrogen-bond acceptors (Lipinski definition) is 9. The summed E-state index contributed by atoms with van der Waals surface area (Å²) in [6, 6.07) is 7.26. The van der Waals surface area contributed by atoms with Crippen molar-refractivity contribution in [1.82, 2.24) is 20.2 Å². The van der Waals surface area contributed by atoms with E-state index in [9.17, 15) is 9.50 Å². The van der Waals surface area contributed by atoms with Gasteiger partial charge in [0.1, 0.15) is 12.8 Å². The minimum Gasteiger partial charge on any atom is -0.401 e.